The molecule has 19 heavy (non-hydrogen) atoms. The van der Waals surface area contributed by atoms with Crippen molar-refractivity contribution in [2.45, 2.75) is 26.3 Å². The minimum atomic E-state index is 0.432. The molecule has 0 spiro atoms. The van der Waals surface area contributed by atoms with Crippen LogP contribution in [0.15, 0.2) is 30.3 Å². The molecule has 0 unspecified atom stereocenters. The van der Waals surface area contributed by atoms with E-state index in [1.54, 1.807) is 4.68 Å². The molecule has 0 aliphatic carbocycles. The van der Waals surface area contributed by atoms with E-state index in [9.17, 15) is 4.79 Å². The molecule has 0 N–H and O–H groups in total. The Kier molecular flexibility index (Phi) is 4.66. The first-order valence-electron chi connectivity index (χ1n) is 6.40. The summed E-state index contributed by atoms with van der Waals surface area (Å²) in [5.41, 5.74) is 1.32. The van der Waals surface area contributed by atoms with Crippen molar-refractivity contribution in [2.24, 2.45) is 0 Å². The minimum absolute atomic E-state index is 0.432. The SMILES string of the molecule is CCn1nnc(C=O)c1CCCOc1ccccc1. The zero-order valence-corrected chi connectivity index (χ0v) is 11.0. The van der Waals surface area contributed by atoms with Crippen LogP contribution >= 0.6 is 0 Å². The molecule has 0 radical (unpaired) electrons. The summed E-state index contributed by atoms with van der Waals surface area (Å²) >= 11 is 0. The summed E-state index contributed by atoms with van der Waals surface area (Å²) in [6.45, 7) is 3.31. The Labute approximate surface area is 112 Å². The van der Waals surface area contributed by atoms with E-state index in [2.05, 4.69) is 10.3 Å². The summed E-state index contributed by atoms with van der Waals surface area (Å²) in [5, 5.41) is 7.78. The molecule has 1 aromatic carbocycles. The van der Waals surface area contributed by atoms with Crippen LogP contribution < -0.4 is 4.74 Å². The van der Waals surface area contributed by atoms with Gasteiger partial charge in [0.15, 0.2) is 6.29 Å². The van der Waals surface area contributed by atoms with Crippen molar-refractivity contribution in [1.29, 1.82) is 0 Å². The number of carbonyl (C=O) groups excluding carboxylic acids is 1. The van der Waals surface area contributed by atoms with Gasteiger partial charge in [0.25, 0.3) is 0 Å². The van der Waals surface area contributed by atoms with Gasteiger partial charge in [-0.3, -0.25) is 4.79 Å². The number of ether oxygens (including phenoxy) is 1. The lowest BCUT2D eigenvalue weighted by Crippen LogP contribution is -2.07. The summed E-state index contributed by atoms with van der Waals surface area (Å²) in [7, 11) is 0. The van der Waals surface area contributed by atoms with Crippen LogP contribution in [0.25, 0.3) is 0 Å². The number of benzene rings is 1. The second kappa shape index (κ2) is 6.68. The number of hydrogen-bond acceptors (Lipinski definition) is 4. The average Bonchev–Trinajstić information content (AvgIpc) is 2.86. The van der Waals surface area contributed by atoms with Gasteiger partial charge in [-0.25, -0.2) is 4.68 Å². The van der Waals surface area contributed by atoms with E-state index in [1.165, 1.54) is 0 Å². The molecule has 5 heteroatoms. The molecule has 0 aliphatic rings. The summed E-state index contributed by atoms with van der Waals surface area (Å²) in [5.74, 6) is 0.861. The van der Waals surface area contributed by atoms with Crippen molar-refractivity contribution in [3.63, 3.8) is 0 Å². The third-order valence-electron chi connectivity index (χ3n) is 2.85. The van der Waals surface area contributed by atoms with E-state index >= 15 is 0 Å². The third kappa shape index (κ3) is 3.40. The van der Waals surface area contributed by atoms with Crippen molar-refractivity contribution >= 4 is 6.29 Å². The molecule has 0 saturated heterocycles. The average molecular weight is 259 g/mol. The third-order valence-corrected chi connectivity index (χ3v) is 2.85. The largest absolute Gasteiger partial charge is 0.494 e. The number of rotatable bonds is 7. The molecule has 0 amide bonds. The summed E-state index contributed by atoms with van der Waals surface area (Å²) in [4.78, 5) is 10.9. The minimum Gasteiger partial charge on any atom is -0.494 e. The van der Waals surface area contributed by atoms with Crippen LogP contribution in [0.5, 0.6) is 5.75 Å². The number of carbonyl (C=O) groups is 1. The van der Waals surface area contributed by atoms with E-state index in [0.29, 0.717) is 12.3 Å². The van der Waals surface area contributed by atoms with Gasteiger partial charge < -0.3 is 4.74 Å². The zero-order valence-electron chi connectivity index (χ0n) is 11.0. The van der Waals surface area contributed by atoms with Crippen LogP contribution in [0.2, 0.25) is 0 Å². The maximum absolute atomic E-state index is 10.9. The fourth-order valence-corrected chi connectivity index (χ4v) is 1.90. The lowest BCUT2D eigenvalue weighted by atomic mass is 10.2. The molecule has 0 atom stereocenters. The van der Waals surface area contributed by atoms with E-state index in [4.69, 9.17) is 4.74 Å². The normalized spacial score (nSPS) is 10.4. The number of nitrogens with zero attached hydrogens (tertiary/aromatic N) is 3. The molecule has 1 aromatic heterocycles. The van der Waals surface area contributed by atoms with Crippen molar-refractivity contribution in [3.8, 4) is 5.75 Å². The summed E-state index contributed by atoms with van der Waals surface area (Å²) < 4.78 is 7.37. The van der Waals surface area contributed by atoms with E-state index in [1.807, 2.05) is 37.3 Å². The molecule has 2 rings (SSSR count). The molecule has 5 nitrogen and oxygen atoms in total. The Balaban J connectivity index is 1.85. The van der Waals surface area contributed by atoms with E-state index in [-0.39, 0.29) is 0 Å². The maximum atomic E-state index is 10.9. The monoisotopic (exact) mass is 259 g/mol. The van der Waals surface area contributed by atoms with Gasteiger partial charge in [-0.15, -0.1) is 5.10 Å². The molecule has 100 valence electrons. The van der Waals surface area contributed by atoms with Crippen LogP contribution in [0.3, 0.4) is 0 Å². The Morgan fingerprint density at radius 2 is 2.11 bits per heavy atom. The topological polar surface area (TPSA) is 57.0 Å². The summed E-state index contributed by atoms with van der Waals surface area (Å²) in [6, 6.07) is 9.68. The van der Waals surface area contributed by atoms with Crippen LogP contribution in [0, 0.1) is 0 Å². The molecular formula is C14H17N3O2. The van der Waals surface area contributed by atoms with Crippen LogP contribution in [0.1, 0.15) is 29.5 Å². The molecular weight excluding hydrogens is 242 g/mol. The van der Waals surface area contributed by atoms with Gasteiger partial charge in [-0.1, -0.05) is 23.4 Å². The predicted octanol–water partition coefficient (Wildman–Crippen LogP) is 2.12. The highest BCUT2D eigenvalue weighted by Crippen LogP contribution is 2.10. The Hall–Kier alpha value is -2.17. The highest BCUT2D eigenvalue weighted by atomic mass is 16.5. The van der Waals surface area contributed by atoms with Gasteiger partial charge in [0.05, 0.1) is 12.3 Å². The first-order chi connectivity index (χ1) is 9.35. The molecule has 2 aromatic rings. The van der Waals surface area contributed by atoms with Crippen molar-refractivity contribution in [2.75, 3.05) is 6.61 Å². The van der Waals surface area contributed by atoms with Crippen molar-refractivity contribution in [3.05, 3.63) is 41.7 Å². The van der Waals surface area contributed by atoms with Crippen molar-refractivity contribution in [1.82, 2.24) is 15.0 Å². The van der Waals surface area contributed by atoms with Gasteiger partial charge in [0.1, 0.15) is 11.4 Å². The molecule has 0 aliphatic heterocycles. The standard InChI is InChI=1S/C14H17N3O2/c1-2-17-14(13(11-18)15-16-17)9-6-10-19-12-7-4-3-5-8-12/h3-5,7-8,11H,2,6,9-10H2,1H3. The number of hydrogen-bond donors (Lipinski definition) is 0. The van der Waals surface area contributed by atoms with Gasteiger partial charge in [-0.2, -0.15) is 0 Å². The second-order valence-electron chi connectivity index (χ2n) is 4.12. The number of aryl methyl sites for hydroxylation is 1. The summed E-state index contributed by atoms with van der Waals surface area (Å²) in [6.07, 6.45) is 2.32. The Morgan fingerprint density at radius 1 is 1.32 bits per heavy atom. The first-order valence-corrected chi connectivity index (χ1v) is 6.40. The smallest absolute Gasteiger partial charge is 0.172 e. The van der Waals surface area contributed by atoms with Crippen LogP contribution in [-0.2, 0) is 13.0 Å². The lowest BCUT2D eigenvalue weighted by molar-refractivity contribution is 0.111. The van der Waals surface area contributed by atoms with Gasteiger partial charge in [0.2, 0.25) is 0 Å². The van der Waals surface area contributed by atoms with Gasteiger partial charge in [-0.05, 0) is 31.9 Å². The highest BCUT2D eigenvalue weighted by Gasteiger charge is 2.10. The molecule has 1 heterocycles. The number of para-hydroxylation sites is 1. The first kappa shape index (κ1) is 13.3. The van der Waals surface area contributed by atoms with Crippen LogP contribution in [-0.4, -0.2) is 27.9 Å². The Bertz CT molecular complexity index is 523. The van der Waals surface area contributed by atoms with E-state index in [0.717, 1.165) is 37.1 Å². The Morgan fingerprint density at radius 3 is 2.79 bits per heavy atom. The quantitative estimate of drug-likeness (QED) is 0.564. The fraction of sp³-hybridized carbons (Fsp3) is 0.357. The van der Waals surface area contributed by atoms with E-state index < -0.39 is 0 Å². The highest BCUT2D eigenvalue weighted by molar-refractivity contribution is 5.73. The second-order valence-corrected chi connectivity index (χ2v) is 4.12. The molecule has 0 fully saturated rings. The number of aromatic nitrogens is 3. The maximum Gasteiger partial charge on any atom is 0.172 e. The van der Waals surface area contributed by atoms with Crippen molar-refractivity contribution < 1.29 is 9.53 Å². The zero-order chi connectivity index (χ0) is 13.5. The predicted molar refractivity (Wildman–Crippen MR) is 71.3 cm³/mol. The molecule has 0 bridgehead atoms. The number of aldehydes is 1. The van der Waals surface area contributed by atoms with Gasteiger partial charge in [0, 0.05) is 6.54 Å². The molecule has 0 saturated carbocycles. The van der Waals surface area contributed by atoms with Crippen LogP contribution in [0.4, 0.5) is 0 Å². The lowest BCUT2D eigenvalue weighted by Gasteiger charge is -2.06. The van der Waals surface area contributed by atoms with Gasteiger partial charge >= 0.3 is 0 Å². The fourth-order valence-electron chi connectivity index (χ4n) is 1.90.